The number of carbonyl (C=O) groups excluding carboxylic acids is 2. The highest BCUT2D eigenvalue weighted by Crippen LogP contribution is 2.35. The van der Waals surface area contributed by atoms with Gasteiger partial charge in [-0.15, -0.1) is 0 Å². The molecule has 1 aliphatic heterocycles. The molecule has 1 unspecified atom stereocenters. The summed E-state index contributed by atoms with van der Waals surface area (Å²) in [4.78, 5) is 26.0. The van der Waals surface area contributed by atoms with Crippen molar-refractivity contribution >= 4 is 33.3 Å². The molecule has 0 radical (unpaired) electrons. The van der Waals surface area contributed by atoms with Crippen molar-refractivity contribution in [2.45, 2.75) is 20.8 Å². The topological polar surface area (TPSA) is 46.6 Å². The summed E-state index contributed by atoms with van der Waals surface area (Å²) in [5.41, 5.74) is 1.16. The molecule has 0 aliphatic carbocycles. The fraction of sp³-hybridized carbons (Fsp3) is 0.500. The standard InChI is InChI=1S/C16H20BrNO3/c1-16(2,3)10(8-17)9-18-13-6-5-11(21-4)7-12(13)14(19)15(18)20/h5-7,10H,8-9H2,1-4H3. The predicted molar refractivity (Wildman–Crippen MR) is 86.4 cm³/mol. The first-order chi connectivity index (χ1) is 9.79. The van der Waals surface area contributed by atoms with Crippen LogP contribution in [0.4, 0.5) is 5.69 Å². The molecule has 0 saturated heterocycles. The van der Waals surface area contributed by atoms with Gasteiger partial charge in [-0.1, -0.05) is 36.7 Å². The number of anilines is 1. The van der Waals surface area contributed by atoms with E-state index in [1.54, 1.807) is 30.2 Å². The SMILES string of the molecule is COc1ccc2c(c1)C(=O)C(=O)N2CC(CBr)C(C)(C)C. The molecule has 0 spiro atoms. The van der Waals surface area contributed by atoms with Gasteiger partial charge in [0.15, 0.2) is 0 Å². The van der Waals surface area contributed by atoms with E-state index in [-0.39, 0.29) is 11.3 Å². The normalized spacial score (nSPS) is 16.1. The number of fused-ring (bicyclic) bond motifs is 1. The molecular weight excluding hydrogens is 334 g/mol. The third kappa shape index (κ3) is 2.98. The van der Waals surface area contributed by atoms with Crippen LogP contribution in [0.1, 0.15) is 31.1 Å². The molecule has 1 atom stereocenters. The van der Waals surface area contributed by atoms with Crippen molar-refractivity contribution in [3.8, 4) is 5.75 Å². The Bertz CT molecular complexity index is 577. The van der Waals surface area contributed by atoms with E-state index in [9.17, 15) is 9.59 Å². The Labute approximate surface area is 133 Å². The molecule has 5 heteroatoms. The molecule has 0 saturated carbocycles. The van der Waals surface area contributed by atoms with Gasteiger partial charge in [0.25, 0.3) is 11.7 Å². The predicted octanol–water partition coefficient (Wildman–Crippen LogP) is 3.28. The number of methoxy groups -OCH3 is 1. The third-order valence-electron chi connectivity index (χ3n) is 3.99. The van der Waals surface area contributed by atoms with Gasteiger partial charge >= 0.3 is 0 Å². The Morgan fingerprint density at radius 3 is 2.48 bits per heavy atom. The van der Waals surface area contributed by atoms with Gasteiger partial charge in [0.2, 0.25) is 0 Å². The molecule has 1 heterocycles. The highest BCUT2D eigenvalue weighted by Gasteiger charge is 2.38. The number of hydrogen-bond acceptors (Lipinski definition) is 3. The van der Waals surface area contributed by atoms with Crippen LogP contribution in [0.15, 0.2) is 18.2 Å². The van der Waals surface area contributed by atoms with E-state index in [2.05, 4.69) is 36.7 Å². The van der Waals surface area contributed by atoms with Crippen LogP contribution in [0.2, 0.25) is 0 Å². The van der Waals surface area contributed by atoms with Crippen LogP contribution in [0, 0.1) is 11.3 Å². The van der Waals surface area contributed by atoms with Gasteiger partial charge in [0.05, 0.1) is 18.4 Å². The van der Waals surface area contributed by atoms with E-state index in [1.165, 1.54) is 0 Å². The first kappa shape index (κ1) is 16.0. The van der Waals surface area contributed by atoms with Crippen LogP contribution in [0.3, 0.4) is 0 Å². The Balaban J connectivity index is 2.35. The lowest BCUT2D eigenvalue weighted by atomic mass is 9.82. The molecule has 114 valence electrons. The molecule has 1 aromatic rings. The number of halogens is 1. The van der Waals surface area contributed by atoms with Crippen LogP contribution < -0.4 is 9.64 Å². The molecule has 21 heavy (non-hydrogen) atoms. The summed E-state index contributed by atoms with van der Waals surface area (Å²) in [7, 11) is 1.54. The molecule has 1 aliphatic rings. The molecule has 0 N–H and O–H groups in total. The van der Waals surface area contributed by atoms with Crippen molar-refractivity contribution < 1.29 is 14.3 Å². The third-order valence-corrected chi connectivity index (χ3v) is 4.77. The van der Waals surface area contributed by atoms with Gasteiger partial charge in [-0.05, 0) is 29.5 Å². The number of amides is 1. The van der Waals surface area contributed by atoms with Crippen molar-refractivity contribution in [1.82, 2.24) is 0 Å². The van der Waals surface area contributed by atoms with E-state index in [1.807, 2.05) is 0 Å². The van der Waals surface area contributed by atoms with Crippen molar-refractivity contribution in [2.75, 3.05) is 23.9 Å². The maximum absolute atomic E-state index is 12.3. The van der Waals surface area contributed by atoms with Gasteiger partial charge < -0.3 is 9.64 Å². The first-order valence-corrected chi connectivity index (χ1v) is 8.02. The maximum atomic E-state index is 12.3. The maximum Gasteiger partial charge on any atom is 0.299 e. The number of ketones is 1. The van der Waals surface area contributed by atoms with Gasteiger partial charge in [0.1, 0.15) is 5.75 Å². The zero-order chi connectivity index (χ0) is 15.8. The number of benzene rings is 1. The van der Waals surface area contributed by atoms with Gasteiger partial charge in [-0.25, -0.2) is 0 Å². The monoisotopic (exact) mass is 353 g/mol. The first-order valence-electron chi connectivity index (χ1n) is 6.89. The molecule has 2 rings (SSSR count). The lowest BCUT2D eigenvalue weighted by Crippen LogP contribution is -2.39. The number of rotatable bonds is 4. The second-order valence-electron chi connectivity index (χ2n) is 6.35. The summed E-state index contributed by atoms with van der Waals surface area (Å²) in [5.74, 6) is -0.0634. The zero-order valence-electron chi connectivity index (χ0n) is 12.8. The van der Waals surface area contributed by atoms with Crippen molar-refractivity contribution in [1.29, 1.82) is 0 Å². The van der Waals surface area contributed by atoms with Crippen molar-refractivity contribution in [2.24, 2.45) is 11.3 Å². The van der Waals surface area contributed by atoms with E-state index in [4.69, 9.17) is 4.74 Å². The number of carbonyl (C=O) groups is 2. The molecule has 0 fully saturated rings. The van der Waals surface area contributed by atoms with E-state index in [0.717, 1.165) is 5.33 Å². The number of ether oxygens (including phenoxy) is 1. The van der Waals surface area contributed by atoms with Crippen LogP contribution in [-0.4, -0.2) is 30.7 Å². The molecule has 1 amide bonds. The summed E-state index contributed by atoms with van der Waals surface area (Å²) in [6.07, 6.45) is 0. The minimum absolute atomic E-state index is 0.0437. The summed E-state index contributed by atoms with van der Waals surface area (Å²) in [6, 6.07) is 5.19. The fourth-order valence-corrected chi connectivity index (χ4v) is 3.54. The fourth-order valence-electron chi connectivity index (χ4n) is 2.36. The van der Waals surface area contributed by atoms with Gasteiger partial charge in [0, 0.05) is 11.9 Å². The minimum atomic E-state index is -0.453. The smallest absolute Gasteiger partial charge is 0.299 e. The Kier molecular flexibility index (Phi) is 4.42. The minimum Gasteiger partial charge on any atom is -0.497 e. The summed E-state index contributed by atoms with van der Waals surface area (Å²) < 4.78 is 5.13. The average molecular weight is 354 g/mol. The summed E-state index contributed by atoms with van der Waals surface area (Å²) >= 11 is 3.51. The lowest BCUT2D eigenvalue weighted by Gasteiger charge is -2.32. The van der Waals surface area contributed by atoms with Crippen molar-refractivity contribution in [3.63, 3.8) is 0 Å². The van der Waals surface area contributed by atoms with E-state index in [0.29, 0.717) is 23.5 Å². The molecule has 1 aromatic carbocycles. The Morgan fingerprint density at radius 2 is 1.95 bits per heavy atom. The van der Waals surface area contributed by atoms with Crippen LogP contribution in [-0.2, 0) is 4.79 Å². The van der Waals surface area contributed by atoms with Gasteiger partial charge in [-0.3, -0.25) is 9.59 Å². The number of alkyl halides is 1. The highest BCUT2D eigenvalue weighted by molar-refractivity contribution is 9.09. The summed E-state index contributed by atoms with van der Waals surface area (Å²) in [5, 5.41) is 0.778. The van der Waals surface area contributed by atoms with Crippen LogP contribution >= 0.6 is 15.9 Å². The largest absolute Gasteiger partial charge is 0.497 e. The quantitative estimate of drug-likeness (QED) is 0.616. The highest BCUT2D eigenvalue weighted by atomic mass is 79.9. The Morgan fingerprint density at radius 1 is 1.29 bits per heavy atom. The van der Waals surface area contributed by atoms with Gasteiger partial charge in [-0.2, -0.15) is 0 Å². The second-order valence-corrected chi connectivity index (χ2v) is 6.99. The number of hydrogen-bond donors (Lipinski definition) is 0. The Hall–Kier alpha value is -1.36. The summed E-state index contributed by atoms with van der Waals surface area (Å²) in [6.45, 7) is 6.93. The van der Waals surface area contributed by atoms with Crippen molar-refractivity contribution in [3.05, 3.63) is 23.8 Å². The van der Waals surface area contributed by atoms with E-state index >= 15 is 0 Å². The second kappa shape index (κ2) is 5.79. The number of nitrogens with zero attached hydrogens (tertiary/aromatic N) is 1. The van der Waals surface area contributed by atoms with Crippen LogP contribution in [0.25, 0.3) is 0 Å². The van der Waals surface area contributed by atoms with E-state index < -0.39 is 11.7 Å². The molecule has 0 bridgehead atoms. The average Bonchev–Trinajstić information content (AvgIpc) is 2.67. The molecule has 4 nitrogen and oxygen atoms in total. The molecule has 0 aromatic heterocycles. The lowest BCUT2D eigenvalue weighted by molar-refractivity contribution is -0.114. The zero-order valence-corrected chi connectivity index (χ0v) is 14.4. The molecular formula is C16H20BrNO3. The van der Waals surface area contributed by atoms with Crippen LogP contribution in [0.5, 0.6) is 5.75 Å². The number of Topliss-reactive ketones (excluding diaryl/α,β-unsaturated/α-hetero) is 1.